The number of rotatable bonds is 3. The zero-order valence-corrected chi connectivity index (χ0v) is 8.17. The number of aryl methyl sites for hydroxylation is 2. The van der Waals surface area contributed by atoms with Gasteiger partial charge in [0.15, 0.2) is 0 Å². The molecule has 1 unspecified atom stereocenters. The molecule has 0 fully saturated rings. The highest BCUT2D eigenvalue weighted by molar-refractivity contribution is 5.15. The smallest absolute Gasteiger partial charge is 0.0341 e. The Kier molecular flexibility index (Phi) is 2.74. The largest absolute Gasteiger partial charge is 0.346 e. The Morgan fingerprint density at radius 1 is 1.42 bits per heavy atom. The van der Waals surface area contributed by atoms with Crippen LogP contribution in [-0.2, 0) is 0 Å². The summed E-state index contributed by atoms with van der Waals surface area (Å²) in [6.07, 6.45) is 3.01. The molecule has 1 nitrogen and oxygen atoms in total. The molecule has 12 heavy (non-hydrogen) atoms. The van der Waals surface area contributed by atoms with Crippen LogP contribution in [0.5, 0.6) is 0 Å². The van der Waals surface area contributed by atoms with E-state index in [1.165, 1.54) is 11.4 Å². The van der Waals surface area contributed by atoms with Gasteiger partial charge < -0.3 is 4.57 Å². The predicted octanol–water partition coefficient (Wildman–Crippen LogP) is 3.24. The van der Waals surface area contributed by atoms with Crippen LogP contribution < -0.4 is 0 Å². The van der Waals surface area contributed by atoms with Crippen LogP contribution in [0.2, 0.25) is 0 Å². The lowest BCUT2D eigenvalue weighted by molar-refractivity contribution is 0.534. The van der Waals surface area contributed by atoms with E-state index in [2.05, 4.69) is 44.0 Å². The van der Waals surface area contributed by atoms with Gasteiger partial charge in [0.05, 0.1) is 0 Å². The van der Waals surface area contributed by atoms with Gasteiger partial charge in [0.2, 0.25) is 0 Å². The number of aromatic nitrogens is 1. The summed E-state index contributed by atoms with van der Waals surface area (Å²) in [5, 5.41) is 0. The summed E-state index contributed by atoms with van der Waals surface area (Å²) in [5.74, 6) is 0. The topological polar surface area (TPSA) is 4.93 Å². The first kappa shape index (κ1) is 9.11. The molecule has 0 spiro atoms. The number of nitrogens with zero attached hydrogens (tertiary/aromatic N) is 1. The standard InChI is InChI=1S/C11H17N/c1-5-6-9(2)12-10(3)7-8-11(12)4/h5,7-9H,1,6H2,2-4H3. The van der Waals surface area contributed by atoms with Gasteiger partial charge in [0.1, 0.15) is 0 Å². The first-order valence-corrected chi connectivity index (χ1v) is 4.42. The van der Waals surface area contributed by atoms with E-state index in [-0.39, 0.29) is 0 Å². The van der Waals surface area contributed by atoms with Crippen LogP contribution in [0.3, 0.4) is 0 Å². The molecule has 1 heteroatoms. The van der Waals surface area contributed by atoms with Gasteiger partial charge in [-0.15, -0.1) is 6.58 Å². The fraction of sp³-hybridized carbons (Fsp3) is 0.455. The lowest BCUT2D eigenvalue weighted by Crippen LogP contribution is -2.07. The molecule has 0 N–H and O–H groups in total. The van der Waals surface area contributed by atoms with E-state index in [9.17, 15) is 0 Å². The molecule has 66 valence electrons. The molecule has 0 saturated carbocycles. The molecule has 0 amide bonds. The zero-order valence-electron chi connectivity index (χ0n) is 8.17. The molecule has 0 aliphatic rings. The molecular weight excluding hydrogens is 146 g/mol. The molecule has 0 aliphatic heterocycles. The monoisotopic (exact) mass is 163 g/mol. The normalized spacial score (nSPS) is 12.9. The lowest BCUT2D eigenvalue weighted by Gasteiger charge is -2.16. The minimum absolute atomic E-state index is 0.539. The van der Waals surface area contributed by atoms with Crippen molar-refractivity contribution in [2.24, 2.45) is 0 Å². The second-order valence-corrected chi connectivity index (χ2v) is 3.36. The quantitative estimate of drug-likeness (QED) is 0.603. The number of hydrogen-bond acceptors (Lipinski definition) is 0. The van der Waals surface area contributed by atoms with Gasteiger partial charge in [0.25, 0.3) is 0 Å². The summed E-state index contributed by atoms with van der Waals surface area (Å²) in [5.41, 5.74) is 2.67. The van der Waals surface area contributed by atoms with Crippen molar-refractivity contribution in [2.75, 3.05) is 0 Å². The maximum atomic E-state index is 3.76. The van der Waals surface area contributed by atoms with Crippen molar-refractivity contribution in [1.82, 2.24) is 4.57 Å². The van der Waals surface area contributed by atoms with Crippen molar-refractivity contribution in [2.45, 2.75) is 33.2 Å². The van der Waals surface area contributed by atoms with E-state index in [1.54, 1.807) is 0 Å². The molecule has 0 radical (unpaired) electrons. The van der Waals surface area contributed by atoms with E-state index in [0.29, 0.717) is 6.04 Å². The van der Waals surface area contributed by atoms with Crippen LogP contribution in [0.1, 0.15) is 30.8 Å². The first-order valence-electron chi connectivity index (χ1n) is 4.42. The summed E-state index contributed by atoms with van der Waals surface area (Å²) in [7, 11) is 0. The minimum Gasteiger partial charge on any atom is -0.346 e. The Morgan fingerprint density at radius 3 is 2.33 bits per heavy atom. The highest BCUT2D eigenvalue weighted by atomic mass is 15.0. The van der Waals surface area contributed by atoms with Crippen molar-refractivity contribution in [3.8, 4) is 0 Å². The Balaban J connectivity index is 2.92. The highest BCUT2D eigenvalue weighted by Crippen LogP contribution is 2.18. The van der Waals surface area contributed by atoms with Crippen molar-refractivity contribution < 1.29 is 0 Å². The molecule has 1 atom stereocenters. The van der Waals surface area contributed by atoms with Crippen molar-refractivity contribution in [3.05, 3.63) is 36.2 Å². The van der Waals surface area contributed by atoms with E-state index in [1.807, 2.05) is 6.08 Å². The fourth-order valence-electron chi connectivity index (χ4n) is 1.72. The Bertz CT molecular complexity index is 251. The Morgan fingerprint density at radius 2 is 1.92 bits per heavy atom. The third-order valence-electron chi connectivity index (χ3n) is 2.27. The van der Waals surface area contributed by atoms with Gasteiger partial charge in [-0.3, -0.25) is 0 Å². The molecule has 1 rings (SSSR count). The average Bonchev–Trinajstić information content (AvgIpc) is 2.32. The zero-order chi connectivity index (χ0) is 9.14. The van der Waals surface area contributed by atoms with Crippen LogP contribution in [-0.4, -0.2) is 4.57 Å². The van der Waals surface area contributed by atoms with Crippen LogP contribution in [0.4, 0.5) is 0 Å². The number of hydrogen-bond donors (Lipinski definition) is 0. The van der Waals surface area contributed by atoms with E-state index >= 15 is 0 Å². The van der Waals surface area contributed by atoms with Gasteiger partial charge in [-0.1, -0.05) is 6.08 Å². The third kappa shape index (κ3) is 1.60. The lowest BCUT2D eigenvalue weighted by atomic mass is 10.2. The van der Waals surface area contributed by atoms with Crippen LogP contribution in [0.15, 0.2) is 24.8 Å². The second kappa shape index (κ2) is 3.61. The van der Waals surface area contributed by atoms with Crippen molar-refractivity contribution in [1.29, 1.82) is 0 Å². The van der Waals surface area contributed by atoms with Gasteiger partial charge in [-0.25, -0.2) is 0 Å². The molecular formula is C11H17N. The minimum atomic E-state index is 0.539. The summed E-state index contributed by atoms with van der Waals surface area (Å²) in [4.78, 5) is 0. The first-order chi connectivity index (χ1) is 5.66. The summed E-state index contributed by atoms with van der Waals surface area (Å²) in [6.45, 7) is 10.3. The fourth-order valence-corrected chi connectivity index (χ4v) is 1.72. The maximum Gasteiger partial charge on any atom is 0.0341 e. The van der Waals surface area contributed by atoms with Crippen LogP contribution in [0, 0.1) is 13.8 Å². The summed E-state index contributed by atoms with van der Waals surface area (Å²) < 4.78 is 2.35. The van der Waals surface area contributed by atoms with E-state index in [4.69, 9.17) is 0 Å². The van der Waals surface area contributed by atoms with Crippen molar-refractivity contribution >= 4 is 0 Å². The van der Waals surface area contributed by atoms with E-state index in [0.717, 1.165) is 6.42 Å². The maximum absolute atomic E-state index is 3.76. The van der Waals surface area contributed by atoms with Gasteiger partial charge >= 0.3 is 0 Å². The van der Waals surface area contributed by atoms with Gasteiger partial charge in [-0.2, -0.15) is 0 Å². The van der Waals surface area contributed by atoms with Gasteiger partial charge in [-0.05, 0) is 39.3 Å². The molecule has 1 heterocycles. The Labute approximate surface area is 74.7 Å². The molecule has 1 aromatic heterocycles. The second-order valence-electron chi connectivity index (χ2n) is 3.36. The van der Waals surface area contributed by atoms with Crippen molar-refractivity contribution in [3.63, 3.8) is 0 Å². The summed E-state index contributed by atoms with van der Waals surface area (Å²) in [6, 6.07) is 4.86. The SMILES string of the molecule is C=CCC(C)n1c(C)ccc1C. The molecule has 0 aliphatic carbocycles. The molecule has 0 bridgehead atoms. The number of allylic oxidation sites excluding steroid dienone is 1. The molecule has 1 aromatic rings. The van der Waals surface area contributed by atoms with Crippen LogP contribution in [0.25, 0.3) is 0 Å². The molecule has 0 aromatic carbocycles. The molecule has 0 saturated heterocycles. The third-order valence-corrected chi connectivity index (χ3v) is 2.27. The highest BCUT2D eigenvalue weighted by Gasteiger charge is 2.06. The average molecular weight is 163 g/mol. The van der Waals surface area contributed by atoms with Gasteiger partial charge in [0, 0.05) is 17.4 Å². The summed E-state index contributed by atoms with van der Waals surface area (Å²) >= 11 is 0. The predicted molar refractivity (Wildman–Crippen MR) is 53.4 cm³/mol. The Hall–Kier alpha value is -0.980. The van der Waals surface area contributed by atoms with Crippen LogP contribution >= 0.6 is 0 Å². The van der Waals surface area contributed by atoms with E-state index < -0.39 is 0 Å².